The van der Waals surface area contributed by atoms with Gasteiger partial charge in [0.1, 0.15) is 0 Å². The number of likely N-dealkylation sites (N-methyl/N-ethyl adjacent to an activating group) is 1. The van der Waals surface area contributed by atoms with Crippen LogP contribution in [0.15, 0.2) is 28.7 Å². The van der Waals surface area contributed by atoms with Crippen LogP contribution in [0.5, 0.6) is 0 Å². The molecular formula is C14H22BrNO. The number of halogens is 1. The van der Waals surface area contributed by atoms with Crippen molar-refractivity contribution in [3.63, 3.8) is 0 Å². The fourth-order valence-electron chi connectivity index (χ4n) is 2.02. The molecule has 1 unspecified atom stereocenters. The van der Waals surface area contributed by atoms with Crippen molar-refractivity contribution in [1.82, 2.24) is 4.90 Å². The van der Waals surface area contributed by atoms with Gasteiger partial charge in [-0.3, -0.25) is 0 Å². The van der Waals surface area contributed by atoms with Gasteiger partial charge in [-0.05, 0) is 31.0 Å². The topological polar surface area (TPSA) is 23.5 Å². The minimum absolute atomic E-state index is 0.226. The summed E-state index contributed by atoms with van der Waals surface area (Å²) in [6.45, 7) is 5.49. The molecule has 0 amide bonds. The molecule has 3 heteroatoms. The minimum Gasteiger partial charge on any atom is -0.395 e. The Morgan fingerprint density at radius 3 is 2.47 bits per heavy atom. The lowest BCUT2D eigenvalue weighted by Gasteiger charge is -2.29. The first-order valence-electron chi connectivity index (χ1n) is 6.10. The van der Waals surface area contributed by atoms with Crippen molar-refractivity contribution in [3.05, 3.63) is 34.3 Å². The van der Waals surface area contributed by atoms with Gasteiger partial charge in [0.15, 0.2) is 0 Å². The van der Waals surface area contributed by atoms with Gasteiger partial charge in [-0.1, -0.05) is 48.0 Å². The van der Waals surface area contributed by atoms with Crippen LogP contribution in [0.3, 0.4) is 0 Å². The Balaban J connectivity index is 2.53. The summed E-state index contributed by atoms with van der Waals surface area (Å²) >= 11 is 3.56. The first-order chi connectivity index (χ1) is 8.06. The summed E-state index contributed by atoms with van der Waals surface area (Å²) in [6, 6.07) is 8.55. The number of hydrogen-bond donors (Lipinski definition) is 1. The van der Waals surface area contributed by atoms with Crippen molar-refractivity contribution >= 4 is 15.9 Å². The van der Waals surface area contributed by atoms with Crippen molar-refractivity contribution in [3.8, 4) is 0 Å². The number of nitrogens with zero attached hydrogens (tertiary/aromatic N) is 1. The molecule has 0 aromatic heterocycles. The highest BCUT2D eigenvalue weighted by molar-refractivity contribution is 9.10. The van der Waals surface area contributed by atoms with Crippen LogP contribution in [0, 0.1) is 5.92 Å². The van der Waals surface area contributed by atoms with Crippen LogP contribution in [0.25, 0.3) is 0 Å². The lowest BCUT2D eigenvalue weighted by Crippen LogP contribution is -2.40. The Morgan fingerprint density at radius 1 is 1.29 bits per heavy atom. The van der Waals surface area contributed by atoms with Gasteiger partial charge in [0.2, 0.25) is 0 Å². The standard InChI is InChI=1S/C14H22BrNO/c1-11(2)14(10-17)16(3)9-8-12-6-4-5-7-13(12)15/h4-7,11,14,17H,8-10H2,1-3H3. The molecule has 0 aliphatic heterocycles. The molecule has 0 aliphatic carbocycles. The number of rotatable bonds is 6. The lowest BCUT2D eigenvalue weighted by molar-refractivity contribution is 0.114. The Bertz CT molecular complexity index is 341. The maximum atomic E-state index is 9.37. The average Bonchev–Trinajstić information content (AvgIpc) is 2.28. The molecule has 1 aromatic rings. The lowest BCUT2D eigenvalue weighted by atomic mass is 10.0. The molecule has 0 fully saturated rings. The molecule has 1 rings (SSSR count). The Hall–Kier alpha value is -0.380. The van der Waals surface area contributed by atoms with Crippen molar-refractivity contribution in [2.75, 3.05) is 20.2 Å². The van der Waals surface area contributed by atoms with Gasteiger partial charge in [0.25, 0.3) is 0 Å². The van der Waals surface area contributed by atoms with E-state index in [0.717, 1.165) is 13.0 Å². The minimum atomic E-state index is 0.226. The second-order valence-corrected chi connectivity index (χ2v) is 5.67. The zero-order valence-electron chi connectivity index (χ0n) is 10.9. The number of hydrogen-bond acceptors (Lipinski definition) is 2. The van der Waals surface area contributed by atoms with Crippen molar-refractivity contribution in [1.29, 1.82) is 0 Å². The predicted octanol–water partition coefficient (Wildman–Crippen LogP) is 2.94. The van der Waals surface area contributed by atoms with E-state index in [9.17, 15) is 5.11 Å². The number of aliphatic hydroxyl groups is 1. The van der Waals surface area contributed by atoms with Crippen LogP contribution in [0.2, 0.25) is 0 Å². The van der Waals surface area contributed by atoms with E-state index in [1.807, 2.05) is 6.07 Å². The molecule has 0 bridgehead atoms. The summed E-state index contributed by atoms with van der Waals surface area (Å²) in [5, 5.41) is 9.37. The summed E-state index contributed by atoms with van der Waals surface area (Å²) in [5.74, 6) is 0.476. The molecule has 0 aliphatic rings. The molecule has 2 nitrogen and oxygen atoms in total. The summed E-state index contributed by atoms with van der Waals surface area (Å²) in [5.41, 5.74) is 1.32. The third kappa shape index (κ3) is 4.41. The van der Waals surface area contributed by atoms with Crippen molar-refractivity contribution in [2.24, 2.45) is 5.92 Å². The summed E-state index contributed by atoms with van der Waals surface area (Å²) in [4.78, 5) is 2.24. The maximum absolute atomic E-state index is 9.37. The SMILES string of the molecule is CC(C)C(CO)N(C)CCc1ccccc1Br. The average molecular weight is 300 g/mol. The van der Waals surface area contributed by atoms with E-state index >= 15 is 0 Å². The van der Waals surface area contributed by atoms with Gasteiger partial charge in [-0.2, -0.15) is 0 Å². The van der Waals surface area contributed by atoms with E-state index in [1.165, 1.54) is 10.0 Å². The Morgan fingerprint density at radius 2 is 1.94 bits per heavy atom. The fourth-order valence-corrected chi connectivity index (χ4v) is 2.51. The highest BCUT2D eigenvalue weighted by Gasteiger charge is 2.17. The van der Waals surface area contributed by atoms with Gasteiger partial charge < -0.3 is 10.0 Å². The Kier molecular flexibility index (Phi) is 6.17. The van der Waals surface area contributed by atoms with E-state index in [2.05, 4.69) is 59.9 Å². The van der Waals surface area contributed by atoms with Crippen LogP contribution in [-0.4, -0.2) is 36.2 Å². The second kappa shape index (κ2) is 7.14. The summed E-state index contributed by atoms with van der Waals surface area (Å²) in [6.07, 6.45) is 1.00. The molecule has 17 heavy (non-hydrogen) atoms. The smallest absolute Gasteiger partial charge is 0.0589 e. The van der Waals surface area contributed by atoms with E-state index in [-0.39, 0.29) is 12.6 Å². The van der Waals surface area contributed by atoms with Gasteiger partial charge in [0, 0.05) is 17.1 Å². The summed E-state index contributed by atoms with van der Waals surface area (Å²) in [7, 11) is 2.08. The van der Waals surface area contributed by atoms with E-state index in [4.69, 9.17) is 0 Å². The Labute approximate surface area is 113 Å². The van der Waals surface area contributed by atoms with E-state index < -0.39 is 0 Å². The van der Waals surface area contributed by atoms with Crippen LogP contribution in [0.1, 0.15) is 19.4 Å². The van der Waals surface area contributed by atoms with E-state index in [0.29, 0.717) is 5.92 Å². The van der Waals surface area contributed by atoms with Crippen LogP contribution in [-0.2, 0) is 6.42 Å². The van der Waals surface area contributed by atoms with E-state index in [1.54, 1.807) is 0 Å². The number of aliphatic hydroxyl groups excluding tert-OH is 1. The summed E-state index contributed by atoms with van der Waals surface area (Å²) < 4.78 is 1.17. The molecule has 1 aromatic carbocycles. The molecule has 0 spiro atoms. The fraction of sp³-hybridized carbons (Fsp3) is 0.571. The zero-order chi connectivity index (χ0) is 12.8. The monoisotopic (exact) mass is 299 g/mol. The van der Waals surface area contributed by atoms with Gasteiger partial charge >= 0.3 is 0 Å². The predicted molar refractivity (Wildman–Crippen MR) is 76.2 cm³/mol. The third-order valence-corrected chi connectivity index (χ3v) is 3.99. The van der Waals surface area contributed by atoms with Crippen molar-refractivity contribution < 1.29 is 5.11 Å². The maximum Gasteiger partial charge on any atom is 0.0589 e. The first kappa shape index (κ1) is 14.7. The molecule has 96 valence electrons. The van der Waals surface area contributed by atoms with Crippen LogP contribution in [0.4, 0.5) is 0 Å². The quantitative estimate of drug-likeness (QED) is 0.873. The number of benzene rings is 1. The highest BCUT2D eigenvalue weighted by Crippen LogP contribution is 2.17. The van der Waals surface area contributed by atoms with Crippen LogP contribution >= 0.6 is 15.9 Å². The second-order valence-electron chi connectivity index (χ2n) is 4.82. The van der Waals surface area contributed by atoms with Gasteiger partial charge in [0.05, 0.1) is 6.61 Å². The highest BCUT2D eigenvalue weighted by atomic mass is 79.9. The normalized spacial score (nSPS) is 13.4. The first-order valence-corrected chi connectivity index (χ1v) is 6.90. The molecule has 0 saturated heterocycles. The molecule has 0 saturated carbocycles. The third-order valence-electron chi connectivity index (χ3n) is 3.21. The molecule has 0 radical (unpaired) electrons. The molecule has 0 heterocycles. The van der Waals surface area contributed by atoms with Crippen LogP contribution < -0.4 is 0 Å². The van der Waals surface area contributed by atoms with Gasteiger partial charge in [-0.25, -0.2) is 0 Å². The largest absolute Gasteiger partial charge is 0.395 e. The molecule has 1 atom stereocenters. The zero-order valence-corrected chi connectivity index (χ0v) is 12.4. The molecular weight excluding hydrogens is 278 g/mol. The van der Waals surface area contributed by atoms with Gasteiger partial charge in [-0.15, -0.1) is 0 Å². The van der Waals surface area contributed by atoms with Crippen molar-refractivity contribution in [2.45, 2.75) is 26.3 Å². The molecule has 1 N–H and O–H groups in total.